The fourth-order valence-electron chi connectivity index (χ4n) is 2.28. The second-order valence-corrected chi connectivity index (χ2v) is 6.57. The predicted octanol–water partition coefficient (Wildman–Crippen LogP) is -6.30. The monoisotopic (exact) mass is 380 g/mol. The molecule has 1 aliphatic rings. The maximum atomic E-state index is 3.56. The summed E-state index contributed by atoms with van der Waals surface area (Å²) in [6.07, 6.45) is 7.24. The third kappa shape index (κ3) is 7.49. The van der Waals surface area contributed by atoms with Crippen LogP contribution in [0.1, 0.15) is 33.1 Å². The Kier molecular flexibility index (Phi) is 16.8. The molecule has 2 rings (SSSR count). The first-order valence-corrected chi connectivity index (χ1v) is 7.55. The van der Waals surface area contributed by atoms with Gasteiger partial charge in [0, 0.05) is 0 Å². The zero-order chi connectivity index (χ0) is 11.4. The molecular weight excluding hydrogens is 362 g/mol. The Morgan fingerprint density at radius 1 is 1.10 bits per heavy atom. The van der Waals surface area contributed by atoms with E-state index in [4.69, 9.17) is 0 Å². The molecule has 0 N–H and O–H groups in total. The molecule has 0 aromatic heterocycles. The molecule has 0 spiro atoms. The van der Waals surface area contributed by atoms with Crippen LogP contribution in [0.4, 0.5) is 0 Å². The molecule has 0 amide bonds. The fraction of sp³-hybridized carbons (Fsp3) is 0.333. The topological polar surface area (TPSA) is 0 Å². The van der Waals surface area contributed by atoms with Crippen molar-refractivity contribution in [2.75, 3.05) is 0 Å². The van der Waals surface area contributed by atoms with Gasteiger partial charge in [0.25, 0.3) is 0 Å². The molecule has 0 heterocycles. The zero-order valence-corrected chi connectivity index (χ0v) is 17.1. The van der Waals surface area contributed by atoms with E-state index in [-0.39, 0.29) is 68.5 Å². The zero-order valence-electron chi connectivity index (χ0n) is 11.8. The summed E-state index contributed by atoms with van der Waals surface area (Å²) in [5.74, 6) is 0. The minimum atomic E-state index is -0.235. The second kappa shape index (κ2) is 13.2. The quantitative estimate of drug-likeness (QED) is 0.360. The number of benzene rings is 1. The molecule has 1 aromatic carbocycles. The molecule has 0 aliphatic heterocycles. The van der Waals surface area contributed by atoms with Crippen LogP contribution in [-0.2, 0) is 21.7 Å². The van der Waals surface area contributed by atoms with Gasteiger partial charge in [0.15, 0.2) is 0 Å². The van der Waals surface area contributed by atoms with Crippen LogP contribution in [0, 0.1) is 6.08 Å². The predicted molar refractivity (Wildman–Crippen MR) is 73.6 cm³/mol. The van der Waals surface area contributed by atoms with E-state index in [0.29, 0.717) is 0 Å². The molecule has 0 radical (unpaired) electrons. The van der Waals surface area contributed by atoms with E-state index in [1.54, 1.807) is 10.4 Å². The van der Waals surface area contributed by atoms with Gasteiger partial charge in [-0.2, -0.15) is 5.57 Å². The van der Waals surface area contributed by atoms with Crippen molar-refractivity contribution >= 4 is 14.7 Å². The minimum Gasteiger partial charge on any atom is -1.00 e. The average molecular weight is 382 g/mol. The first-order chi connectivity index (χ1) is 7.79. The Morgan fingerprint density at radius 3 is 2.25 bits per heavy atom. The average Bonchev–Trinajstić information content (AvgIpc) is 2.61. The summed E-state index contributed by atoms with van der Waals surface area (Å²) in [5.41, 5.74) is 2.96. The molecule has 1 aromatic rings. The van der Waals surface area contributed by atoms with Crippen molar-refractivity contribution in [3.05, 3.63) is 52.8 Å². The van der Waals surface area contributed by atoms with Gasteiger partial charge in [0.1, 0.15) is 0 Å². The van der Waals surface area contributed by atoms with Crippen LogP contribution in [0.3, 0.4) is 0 Å². The van der Waals surface area contributed by atoms with E-state index in [9.17, 15) is 0 Å². The van der Waals surface area contributed by atoms with Gasteiger partial charge in [-0.15, -0.1) is 0 Å². The van der Waals surface area contributed by atoms with Gasteiger partial charge in [-0.3, -0.25) is 0 Å². The minimum absolute atomic E-state index is 0. The van der Waals surface area contributed by atoms with Gasteiger partial charge in [-0.1, -0.05) is 68.6 Å². The van der Waals surface area contributed by atoms with Crippen LogP contribution >= 0.6 is 0 Å². The Labute approximate surface area is 158 Å². The summed E-state index contributed by atoms with van der Waals surface area (Å²) in [4.78, 5) is 0. The van der Waals surface area contributed by atoms with Crippen LogP contribution in [0.2, 0.25) is 0 Å². The van der Waals surface area contributed by atoms with Crippen LogP contribution in [0.25, 0.3) is 0 Å². The number of rotatable bonds is 4. The van der Waals surface area contributed by atoms with Crippen LogP contribution in [0.15, 0.2) is 46.7 Å². The third-order valence-electron chi connectivity index (χ3n) is 3.13. The molecular formula is C15H19Cl3SiTi. The molecule has 0 saturated heterocycles. The molecule has 0 unspecified atom stereocenters. The van der Waals surface area contributed by atoms with E-state index >= 15 is 0 Å². The maximum Gasteiger partial charge on any atom is 4.00 e. The van der Waals surface area contributed by atoms with Crippen molar-refractivity contribution in [1.29, 1.82) is 0 Å². The van der Waals surface area contributed by atoms with E-state index in [1.807, 2.05) is 0 Å². The summed E-state index contributed by atoms with van der Waals surface area (Å²) in [7, 11) is -0.235. The number of halogens is 3. The van der Waals surface area contributed by atoms with Crippen molar-refractivity contribution in [3.8, 4) is 0 Å². The Bertz CT molecular complexity index is 430. The van der Waals surface area contributed by atoms with Crippen LogP contribution in [-0.4, -0.2) is 9.52 Å². The number of hydrogen-bond donors (Lipinski definition) is 0. The summed E-state index contributed by atoms with van der Waals surface area (Å²) in [6, 6.07) is 10.9. The summed E-state index contributed by atoms with van der Waals surface area (Å²) >= 11 is 0. The van der Waals surface area contributed by atoms with Gasteiger partial charge >= 0.3 is 21.7 Å². The summed E-state index contributed by atoms with van der Waals surface area (Å²) in [6.45, 7) is 4.48. The van der Waals surface area contributed by atoms with Crippen LogP contribution < -0.4 is 42.4 Å². The van der Waals surface area contributed by atoms with Crippen LogP contribution in [0.5, 0.6) is 0 Å². The number of allylic oxidation sites excluding steroid dienone is 4. The molecule has 0 nitrogen and oxygen atoms in total. The van der Waals surface area contributed by atoms with Gasteiger partial charge in [-0.25, -0.2) is 16.8 Å². The summed E-state index contributed by atoms with van der Waals surface area (Å²) < 4.78 is 0. The Morgan fingerprint density at radius 2 is 1.70 bits per heavy atom. The maximum absolute atomic E-state index is 3.56. The molecule has 5 heteroatoms. The smallest absolute Gasteiger partial charge is 1.00 e. The van der Waals surface area contributed by atoms with E-state index in [2.05, 4.69) is 50.3 Å². The molecule has 0 saturated carbocycles. The fourth-order valence-corrected chi connectivity index (χ4v) is 4.06. The Hall–Kier alpha value is 0.501. The van der Waals surface area contributed by atoms with Gasteiger partial charge < -0.3 is 37.2 Å². The molecule has 0 bridgehead atoms. The van der Waals surface area contributed by atoms with Gasteiger partial charge in [0.05, 0.1) is 0 Å². The van der Waals surface area contributed by atoms with Crippen molar-refractivity contribution < 1.29 is 58.9 Å². The first-order valence-electron chi connectivity index (χ1n) is 6.14. The largest absolute Gasteiger partial charge is 4.00 e. The first kappa shape index (κ1) is 25.5. The SMILES string of the molecule is CCCC1=[C-]C(C)=C([SiH2]c2ccccc2)C1.[Cl-].[Cl-].[Cl-].[Ti+4]. The van der Waals surface area contributed by atoms with Crippen molar-refractivity contribution in [2.24, 2.45) is 0 Å². The molecule has 0 fully saturated rings. The number of hydrogen-bond acceptors (Lipinski definition) is 0. The van der Waals surface area contributed by atoms with Crippen molar-refractivity contribution in [2.45, 2.75) is 33.1 Å². The van der Waals surface area contributed by atoms with E-state index in [1.165, 1.54) is 30.4 Å². The van der Waals surface area contributed by atoms with Gasteiger partial charge in [-0.05, 0) is 9.52 Å². The molecule has 108 valence electrons. The van der Waals surface area contributed by atoms with Gasteiger partial charge in [0.2, 0.25) is 0 Å². The molecule has 0 atom stereocenters. The Balaban J connectivity index is -0.000000722. The van der Waals surface area contributed by atoms with E-state index in [0.717, 1.165) is 0 Å². The summed E-state index contributed by atoms with van der Waals surface area (Å²) in [5, 5.41) is 3.24. The normalized spacial score (nSPS) is 13.0. The van der Waals surface area contributed by atoms with E-state index < -0.39 is 0 Å². The third-order valence-corrected chi connectivity index (χ3v) is 5.22. The van der Waals surface area contributed by atoms with Crippen molar-refractivity contribution in [1.82, 2.24) is 0 Å². The molecule has 20 heavy (non-hydrogen) atoms. The second-order valence-electron chi connectivity index (χ2n) is 4.55. The molecule has 1 aliphatic carbocycles. The van der Waals surface area contributed by atoms with Crippen molar-refractivity contribution in [3.63, 3.8) is 0 Å². The standard InChI is InChI=1S/C15H19Si.3ClH.Ti/c1-3-7-13-10-12(2)15(11-13)16-14-8-5-4-6-9-14;;;;/h4-6,8-9H,3,7,11,16H2,1-2H3;3*1H;/q-1;;;;+4/p-3.